The van der Waals surface area contributed by atoms with Gasteiger partial charge in [-0.25, -0.2) is 4.98 Å². The van der Waals surface area contributed by atoms with Crippen molar-refractivity contribution in [3.8, 4) is 5.82 Å². The standard InChI is InChI=1S/C35H21N3/c1-35(2)22-12-7-18-9-14-24-31-27(18)29(22)30-23(35)13-8-19-10-15-25(32(31)28(19)30)38(24)26-16-11-21-6-5-20-4-3-17-36-33(20)34(21)37-26/h3-17H,1-2H3. The van der Waals surface area contributed by atoms with Gasteiger partial charge in [0, 0.05) is 33.2 Å². The first-order valence-corrected chi connectivity index (χ1v) is 13.3. The molecule has 3 aromatic heterocycles. The molecule has 0 atom stereocenters. The van der Waals surface area contributed by atoms with Crippen LogP contribution in [-0.4, -0.2) is 14.5 Å². The number of hydrogen-bond donors (Lipinski definition) is 0. The van der Waals surface area contributed by atoms with Gasteiger partial charge in [-0.05, 0) is 73.8 Å². The molecule has 38 heavy (non-hydrogen) atoms. The summed E-state index contributed by atoms with van der Waals surface area (Å²) in [5, 5.41) is 13.2. The van der Waals surface area contributed by atoms with Gasteiger partial charge in [0.1, 0.15) is 5.82 Å². The Balaban J connectivity index is 1.45. The van der Waals surface area contributed by atoms with Crippen LogP contribution < -0.4 is 0 Å². The first-order chi connectivity index (χ1) is 18.6. The summed E-state index contributed by atoms with van der Waals surface area (Å²) in [5.74, 6) is 0.934. The highest BCUT2D eigenvalue weighted by Crippen LogP contribution is 2.55. The predicted molar refractivity (Wildman–Crippen MR) is 158 cm³/mol. The number of benzene rings is 6. The maximum atomic E-state index is 5.27. The monoisotopic (exact) mass is 483 g/mol. The fourth-order valence-corrected chi connectivity index (χ4v) is 7.61. The molecule has 3 nitrogen and oxygen atoms in total. The summed E-state index contributed by atoms with van der Waals surface area (Å²) in [6.45, 7) is 4.76. The van der Waals surface area contributed by atoms with E-state index in [1.165, 1.54) is 65.3 Å². The van der Waals surface area contributed by atoms with Gasteiger partial charge in [-0.2, -0.15) is 0 Å². The second-order valence-corrected chi connectivity index (χ2v) is 11.4. The van der Waals surface area contributed by atoms with E-state index in [4.69, 9.17) is 9.97 Å². The SMILES string of the molecule is CC1(C)c2ccc3ccc4c5c3c2c2c1ccc1ccc(c5c12)n4-c1ccc2ccc3cccnc3c2n1. The van der Waals surface area contributed by atoms with Crippen LogP contribution in [0.2, 0.25) is 0 Å². The molecule has 0 unspecified atom stereocenters. The van der Waals surface area contributed by atoms with E-state index in [-0.39, 0.29) is 5.41 Å². The van der Waals surface area contributed by atoms with Crippen LogP contribution in [0.4, 0.5) is 0 Å². The number of hydrogen-bond acceptors (Lipinski definition) is 2. The zero-order valence-corrected chi connectivity index (χ0v) is 21.0. The Morgan fingerprint density at radius 3 is 1.74 bits per heavy atom. The van der Waals surface area contributed by atoms with Gasteiger partial charge in [0.05, 0.1) is 22.1 Å². The minimum Gasteiger partial charge on any atom is -0.294 e. The van der Waals surface area contributed by atoms with E-state index >= 15 is 0 Å². The molecule has 10 rings (SSSR count). The van der Waals surface area contributed by atoms with Crippen LogP contribution in [0.5, 0.6) is 0 Å². The summed E-state index contributed by atoms with van der Waals surface area (Å²) in [5.41, 5.74) is 7.20. The van der Waals surface area contributed by atoms with Crippen molar-refractivity contribution >= 4 is 75.9 Å². The molecule has 0 fully saturated rings. The molecule has 0 saturated heterocycles. The molecule has 6 aromatic carbocycles. The number of fused-ring (bicyclic) bond motifs is 3. The van der Waals surface area contributed by atoms with Crippen LogP contribution in [0, 0.1) is 0 Å². The molecule has 3 heteroatoms. The highest BCUT2D eigenvalue weighted by atomic mass is 15.1. The van der Waals surface area contributed by atoms with E-state index in [2.05, 4.69) is 97.3 Å². The summed E-state index contributed by atoms with van der Waals surface area (Å²) in [4.78, 5) is 9.98. The van der Waals surface area contributed by atoms with Gasteiger partial charge >= 0.3 is 0 Å². The van der Waals surface area contributed by atoms with Crippen molar-refractivity contribution in [3.05, 3.63) is 102 Å². The van der Waals surface area contributed by atoms with Crippen molar-refractivity contribution in [2.45, 2.75) is 19.3 Å². The maximum Gasteiger partial charge on any atom is 0.138 e. The van der Waals surface area contributed by atoms with Crippen molar-refractivity contribution in [2.24, 2.45) is 0 Å². The molecule has 9 aromatic rings. The summed E-state index contributed by atoms with van der Waals surface area (Å²) in [7, 11) is 0. The van der Waals surface area contributed by atoms with Crippen LogP contribution in [0.15, 0.2) is 91.1 Å². The van der Waals surface area contributed by atoms with Gasteiger partial charge in [0.2, 0.25) is 0 Å². The van der Waals surface area contributed by atoms with Crippen LogP contribution in [0.3, 0.4) is 0 Å². The fraction of sp³-hybridized carbons (Fsp3) is 0.0857. The molecule has 0 radical (unpaired) electrons. The minimum absolute atomic E-state index is 0.00915. The summed E-state index contributed by atoms with van der Waals surface area (Å²) >= 11 is 0. The molecule has 1 aliphatic rings. The molecule has 1 aliphatic carbocycles. The van der Waals surface area contributed by atoms with Gasteiger partial charge in [-0.1, -0.05) is 68.4 Å². The zero-order valence-electron chi connectivity index (χ0n) is 21.0. The average Bonchev–Trinajstić information content (AvgIpc) is 3.42. The van der Waals surface area contributed by atoms with Crippen molar-refractivity contribution in [1.82, 2.24) is 14.5 Å². The number of pyridine rings is 2. The van der Waals surface area contributed by atoms with Gasteiger partial charge < -0.3 is 0 Å². The fourth-order valence-electron chi connectivity index (χ4n) is 7.61. The van der Waals surface area contributed by atoms with Crippen LogP contribution >= 0.6 is 0 Å². The van der Waals surface area contributed by atoms with E-state index in [0.29, 0.717) is 0 Å². The number of rotatable bonds is 1. The number of nitrogens with zero attached hydrogens (tertiary/aromatic N) is 3. The Labute approximate surface area is 217 Å². The Morgan fingerprint density at radius 1 is 0.526 bits per heavy atom. The third kappa shape index (κ3) is 1.98. The quantitative estimate of drug-likeness (QED) is 0.172. The van der Waals surface area contributed by atoms with E-state index in [9.17, 15) is 0 Å². The lowest BCUT2D eigenvalue weighted by atomic mass is 9.81. The Hall–Kier alpha value is -4.76. The van der Waals surface area contributed by atoms with Gasteiger partial charge in [0.25, 0.3) is 0 Å². The second kappa shape index (κ2) is 6.03. The number of aromatic nitrogens is 3. The van der Waals surface area contributed by atoms with E-state index < -0.39 is 0 Å². The Morgan fingerprint density at radius 2 is 1.08 bits per heavy atom. The zero-order chi connectivity index (χ0) is 24.9. The Kier molecular flexibility index (Phi) is 3.07. The summed E-state index contributed by atoms with van der Waals surface area (Å²) in [6, 6.07) is 31.2. The van der Waals surface area contributed by atoms with Crippen molar-refractivity contribution < 1.29 is 0 Å². The normalized spacial score (nSPS) is 14.8. The average molecular weight is 484 g/mol. The molecule has 3 heterocycles. The van der Waals surface area contributed by atoms with Crippen LogP contribution in [0.25, 0.3) is 81.7 Å². The van der Waals surface area contributed by atoms with E-state index in [1.807, 2.05) is 12.3 Å². The summed E-state index contributed by atoms with van der Waals surface area (Å²) < 4.78 is 2.37. The lowest BCUT2D eigenvalue weighted by molar-refractivity contribution is 0.663. The third-order valence-electron chi connectivity index (χ3n) is 9.30. The second-order valence-electron chi connectivity index (χ2n) is 11.4. The predicted octanol–water partition coefficient (Wildman–Crippen LogP) is 8.85. The highest BCUT2D eigenvalue weighted by Gasteiger charge is 2.37. The van der Waals surface area contributed by atoms with E-state index in [1.54, 1.807) is 0 Å². The molecule has 176 valence electrons. The van der Waals surface area contributed by atoms with Gasteiger partial charge in [0.15, 0.2) is 0 Å². The summed E-state index contributed by atoms with van der Waals surface area (Å²) in [6.07, 6.45) is 1.86. The van der Waals surface area contributed by atoms with E-state index in [0.717, 1.165) is 27.6 Å². The molecular formula is C35H21N3. The lowest BCUT2D eigenvalue weighted by Gasteiger charge is -2.22. The van der Waals surface area contributed by atoms with Crippen molar-refractivity contribution in [1.29, 1.82) is 0 Å². The van der Waals surface area contributed by atoms with Gasteiger partial charge in [-0.3, -0.25) is 9.55 Å². The van der Waals surface area contributed by atoms with Crippen molar-refractivity contribution in [3.63, 3.8) is 0 Å². The van der Waals surface area contributed by atoms with Crippen LogP contribution in [-0.2, 0) is 5.41 Å². The molecule has 0 spiro atoms. The van der Waals surface area contributed by atoms with Crippen LogP contribution in [0.1, 0.15) is 25.0 Å². The minimum atomic E-state index is -0.00915. The third-order valence-corrected chi connectivity index (χ3v) is 9.30. The molecule has 0 amide bonds. The largest absolute Gasteiger partial charge is 0.294 e. The molecule has 0 N–H and O–H groups in total. The van der Waals surface area contributed by atoms with Gasteiger partial charge in [-0.15, -0.1) is 0 Å². The molecule has 0 bridgehead atoms. The highest BCUT2D eigenvalue weighted by molar-refractivity contribution is 6.42. The first-order valence-electron chi connectivity index (χ1n) is 13.3. The lowest BCUT2D eigenvalue weighted by Crippen LogP contribution is -2.15. The molecular weight excluding hydrogens is 462 g/mol. The molecule has 0 saturated carbocycles. The smallest absolute Gasteiger partial charge is 0.138 e. The maximum absolute atomic E-state index is 5.27. The molecule has 0 aliphatic heterocycles. The first kappa shape index (κ1) is 19.4. The van der Waals surface area contributed by atoms with Crippen molar-refractivity contribution in [2.75, 3.05) is 0 Å². The topological polar surface area (TPSA) is 30.7 Å². The Bertz CT molecular complexity index is 2370.